The van der Waals surface area contributed by atoms with E-state index in [1.807, 2.05) is 64.2 Å². The maximum Gasteiger partial charge on any atom is 0.394 e. The van der Waals surface area contributed by atoms with Crippen LogP contribution in [-0.2, 0) is 23.3 Å². The third-order valence-corrected chi connectivity index (χ3v) is 13.4. The predicted octanol–water partition coefficient (Wildman–Crippen LogP) is 8.88. The second-order valence-electron chi connectivity index (χ2n) is 13.1. The first-order valence-electron chi connectivity index (χ1n) is 13.7. The van der Waals surface area contributed by atoms with Gasteiger partial charge in [-0.3, -0.25) is 0 Å². The van der Waals surface area contributed by atoms with Gasteiger partial charge in [-0.15, -0.1) is 4.72 Å². The summed E-state index contributed by atoms with van der Waals surface area (Å²) in [5.41, 5.74) is -0.325. The van der Waals surface area contributed by atoms with Crippen molar-refractivity contribution in [3.63, 3.8) is 0 Å². The molecule has 0 aliphatic carbocycles. The average molecular weight is 624 g/mol. The van der Waals surface area contributed by atoms with Gasteiger partial charge in [0.15, 0.2) is 5.82 Å². The van der Waals surface area contributed by atoms with Crippen LogP contribution in [0.15, 0.2) is 66.7 Å². The Labute approximate surface area is 251 Å². The van der Waals surface area contributed by atoms with Crippen molar-refractivity contribution in [1.82, 2.24) is 4.72 Å². The molecule has 230 valence electrons. The molecule has 1 N–H and O–H groups in total. The van der Waals surface area contributed by atoms with Crippen LogP contribution in [0.4, 0.5) is 17.6 Å². The van der Waals surface area contributed by atoms with E-state index in [2.05, 4.69) is 4.72 Å². The number of hydrogen-bond donors (Lipinski definition) is 1. The van der Waals surface area contributed by atoms with E-state index in [1.54, 1.807) is 26.8 Å². The van der Waals surface area contributed by atoms with Gasteiger partial charge in [0, 0.05) is 30.8 Å². The monoisotopic (exact) mass is 623 g/mol. The zero-order chi connectivity index (χ0) is 31.7. The van der Waals surface area contributed by atoms with Crippen LogP contribution in [0.3, 0.4) is 0 Å². The number of rotatable bonds is 10. The molecule has 4 nitrogen and oxygen atoms in total. The molecule has 1 unspecified atom stereocenters. The van der Waals surface area contributed by atoms with Crippen molar-refractivity contribution in [2.75, 3.05) is 0 Å². The SMILES string of the molecule is CC(F)(F)Oc1cc(F)cc([C@@](Cc2ccccc2)(N[S+]([O-])C(C)(C)C)c2ccc(O[Si](C)(C)C(C)(C)C)c(F)c2)c1. The average Bonchev–Trinajstić information content (AvgIpc) is 2.82. The molecule has 0 bridgehead atoms. The smallest absolute Gasteiger partial charge is 0.394 e. The zero-order valence-corrected chi connectivity index (χ0v) is 27.5. The Bertz CT molecular complexity index is 1370. The van der Waals surface area contributed by atoms with Gasteiger partial charge in [-0.2, -0.15) is 8.78 Å². The molecule has 10 heteroatoms. The minimum absolute atomic E-state index is 0.0739. The summed E-state index contributed by atoms with van der Waals surface area (Å²) in [5.74, 6) is -1.83. The van der Waals surface area contributed by atoms with Crippen LogP contribution in [0.25, 0.3) is 0 Å². The van der Waals surface area contributed by atoms with E-state index in [-0.39, 0.29) is 22.8 Å². The fraction of sp³-hybridized carbons (Fsp3) is 0.438. The summed E-state index contributed by atoms with van der Waals surface area (Å²) in [6, 6.07) is 16.8. The van der Waals surface area contributed by atoms with Crippen molar-refractivity contribution in [2.24, 2.45) is 0 Å². The Morgan fingerprint density at radius 3 is 1.98 bits per heavy atom. The molecular weight excluding hydrogens is 583 g/mol. The molecule has 3 aromatic rings. The second kappa shape index (κ2) is 12.2. The van der Waals surface area contributed by atoms with Crippen LogP contribution in [0.1, 0.15) is 65.2 Å². The van der Waals surface area contributed by atoms with Crippen molar-refractivity contribution < 1.29 is 31.3 Å². The lowest BCUT2D eigenvalue weighted by Crippen LogP contribution is -2.53. The normalized spacial score (nSPS) is 15.2. The van der Waals surface area contributed by atoms with Crippen LogP contribution in [0, 0.1) is 11.6 Å². The van der Waals surface area contributed by atoms with Gasteiger partial charge in [-0.25, -0.2) is 8.78 Å². The third kappa shape index (κ3) is 8.30. The summed E-state index contributed by atoms with van der Waals surface area (Å²) in [7, 11) is -2.40. The molecule has 42 heavy (non-hydrogen) atoms. The Morgan fingerprint density at radius 2 is 1.45 bits per heavy atom. The molecule has 0 amide bonds. The van der Waals surface area contributed by atoms with Gasteiger partial charge in [0.05, 0.1) is 0 Å². The Morgan fingerprint density at radius 1 is 0.833 bits per heavy atom. The number of benzene rings is 3. The number of alkyl halides is 2. The highest BCUT2D eigenvalue weighted by Gasteiger charge is 2.44. The fourth-order valence-electron chi connectivity index (χ4n) is 4.09. The highest BCUT2D eigenvalue weighted by Crippen LogP contribution is 2.42. The van der Waals surface area contributed by atoms with Gasteiger partial charge >= 0.3 is 6.11 Å². The molecule has 0 fully saturated rings. The zero-order valence-electron chi connectivity index (χ0n) is 25.7. The van der Waals surface area contributed by atoms with E-state index >= 15 is 8.78 Å². The minimum atomic E-state index is -3.58. The lowest BCUT2D eigenvalue weighted by atomic mass is 9.78. The molecule has 0 aliphatic heterocycles. The van der Waals surface area contributed by atoms with Crippen LogP contribution < -0.4 is 13.9 Å². The highest BCUT2D eigenvalue weighted by atomic mass is 32.2. The summed E-state index contributed by atoms with van der Waals surface area (Å²) in [6.07, 6.45) is -3.49. The maximum atomic E-state index is 15.9. The standard InChI is InChI=1S/C32H41F4NO3SSi/c1-29(2,3)41(38)37-32(21-22-13-11-10-12-14-22,24-17-25(33)20-26(18-24)39-31(7,35)36)23-15-16-28(27(34)19-23)40-42(8,9)30(4,5)6/h10-20,37H,21H2,1-9H3/t32-,41?/m0/s1. The Balaban J connectivity index is 2.32. The first-order chi connectivity index (χ1) is 19.1. The van der Waals surface area contributed by atoms with Crippen molar-refractivity contribution in [3.8, 4) is 11.5 Å². The molecular formula is C32H41F4NO3SSi. The van der Waals surface area contributed by atoms with Gasteiger partial charge in [0.1, 0.15) is 27.6 Å². The molecule has 0 aromatic heterocycles. The lowest BCUT2D eigenvalue weighted by molar-refractivity contribution is -0.159. The summed E-state index contributed by atoms with van der Waals surface area (Å²) in [4.78, 5) is 0. The molecule has 0 heterocycles. The molecule has 0 radical (unpaired) electrons. The summed E-state index contributed by atoms with van der Waals surface area (Å²) in [6.45, 7) is 16.0. The van der Waals surface area contributed by atoms with Crippen LogP contribution in [0.5, 0.6) is 11.5 Å². The Kier molecular flexibility index (Phi) is 9.88. The highest BCUT2D eigenvalue weighted by molar-refractivity contribution is 7.90. The molecule has 0 aliphatic rings. The first-order valence-corrected chi connectivity index (χ1v) is 17.8. The summed E-state index contributed by atoms with van der Waals surface area (Å²) >= 11 is -1.76. The molecule has 0 spiro atoms. The van der Waals surface area contributed by atoms with Crippen molar-refractivity contribution in [2.45, 2.75) is 89.4 Å². The summed E-state index contributed by atoms with van der Waals surface area (Å²) < 4.78 is 85.7. The third-order valence-electron chi connectivity index (χ3n) is 7.39. The van der Waals surface area contributed by atoms with Crippen molar-refractivity contribution in [1.29, 1.82) is 0 Å². The molecule has 0 saturated heterocycles. The van der Waals surface area contributed by atoms with Gasteiger partial charge in [-0.05, 0) is 79.9 Å². The quantitative estimate of drug-likeness (QED) is 0.139. The topological polar surface area (TPSA) is 53.5 Å². The summed E-state index contributed by atoms with van der Waals surface area (Å²) in [5, 5.41) is -0.181. The minimum Gasteiger partial charge on any atom is -0.598 e. The second-order valence-corrected chi connectivity index (χ2v) is 19.8. The Hall–Kier alpha value is -2.53. The van der Waals surface area contributed by atoms with E-state index in [0.29, 0.717) is 12.5 Å². The molecule has 3 aromatic carbocycles. The number of hydrogen-bond acceptors (Lipinski definition) is 4. The van der Waals surface area contributed by atoms with Crippen molar-refractivity contribution >= 4 is 19.7 Å². The van der Waals surface area contributed by atoms with Crippen molar-refractivity contribution in [3.05, 3.63) is 95.1 Å². The fourth-order valence-corrected chi connectivity index (χ4v) is 6.04. The molecule has 0 saturated carbocycles. The van der Waals surface area contributed by atoms with Crippen LogP contribution in [-0.4, -0.2) is 23.7 Å². The van der Waals surface area contributed by atoms with Gasteiger partial charge in [0.2, 0.25) is 0 Å². The van der Waals surface area contributed by atoms with Gasteiger partial charge < -0.3 is 13.7 Å². The largest absolute Gasteiger partial charge is 0.598 e. The van der Waals surface area contributed by atoms with E-state index in [9.17, 15) is 13.3 Å². The van der Waals surface area contributed by atoms with E-state index in [1.165, 1.54) is 18.2 Å². The lowest BCUT2D eigenvalue weighted by Gasteiger charge is -2.39. The van der Waals surface area contributed by atoms with Gasteiger partial charge in [-0.1, -0.05) is 57.2 Å². The predicted molar refractivity (Wildman–Crippen MR) is 164 cm³/mol. The molecule has 3 rings (SSSR count). The van der Waals surface area contributed by atoms with Gasteiger partial charge in [0.25, 0.3) is 8.32 Å². The van der Waals surface area contributed by atoms with Crippen LogP contribution in [0.2, 0.25) is 18.1 Å². The molecule has 2 atom stereocenters. The van der Waals surface area contributed by atoms with Crippen LogP contribution >= 0.6 is 0 Å². The van der Waals surface area contributed by atoms with E-state index in [4.69, 9.17) is 9.16 Å². The first kappa shape index (κ1) is 34.0. The number of ether oxygens (including phenoxy) is 1. The van der Waals surface area contributed by atoms with E-state index in [0.717, 1.165) is 17.7 Å². The number of nitrogens with one attached hydrogen (secondary N) is 1. The van der Waals surface area contributed by atoms with E-state index < -0.39 is 53.5 Å². The maximum absolute atomic E-state index is 15.9. The number of halogens is 4.